The molecule has 0 saturated carbocycles. The molecule has 2 aromatic carbocycles. The molecule has 0 bridgehead atoms. The van der Waals surface area contributed by atoms with Gasteiger partial charge in [-0.3, -0.25) is 4.90 Å². The van der Waals surface area contributed by atoms with E-state index < -0.39 is 11.6 Å². The van der Waals surface area contributed by atoms with Crippen LogP contribution in [0, 0.1) is 11.6 Å². The fraction of sp³-hybridized carbons (Fsp3) is 0.462. The van der Waals surface area contributed by atoms with Crippen LogP contribution in [0.15, 0.2) is 42.7 Å². The Morgan fingerprint density at radius 3 is 2.46 bits per heavy atom. The topological polar surface area (TPSA) is 58.5 Å². The Labute approximate surface area is 203 Å². The molecule has 7 nitrogen and oxygen atoms in total. The number of hydrogen-bond donors (Lipinski definition) is 1. The molecule has 1 spiro atoms. The van der Waals surface area contributed by atoms with Crippen molar-refractivity contribution in [2.24, 2.45) is 0 Å². The van der Waals surface area contributed by atoms with Gasteiger partial charge in [-0.05, 0) is 75.7 Å². The van der Waals surface area contributed by atoms with Crippen molar-refractivity contribution in [2.75, 3.05) is 43.1 Å². The zero-order valence-corrected chi connectivity index (χ0v) is 20.0. The van der Waals surface area contributed by atoms with Crippen molar-refractivity contribution in [3.05, 3.63) is 59.9 Å². The molecule has 1 N–H and O–H groups in total. The molecule has 6 rings (SSSR count). The number of likely N-dealkylation sites (tertiary alicyclic amines) is 1. The average molecular weight is 481 g/mol. The van der Waals surface area contributed by atoms with Crippen LogP contribution in [0.3, 0.4) is 0 Å². The maximum atomic E-state index is 13.6. The predicted octanol–water partition coefficient (Wildman–Crippen LogP) is 4.25. The molecule has 0 aliphatic carbocycles. The summed E-state index contributed by atoms with van der Waals surface area (Å²) in [5.41, 5.74) is 4.01. The van der Waals surface area contributed by atoms with E-state index in [4.69, 9.17) is 4.74 Å². The first-order valence-corrected chi connectivity index (χ1v) is 12.3. The molecule has 2 fully saturated rings. The van der Waals surface area contributed by atoms with Gasteiger partial charge in [-0.1, -0.05) is 0 Å². The normalized spacial score (nSPS) is 19.9. The number of fused-ring (bicyclic) bond motifs is 2. The van der Waals surface area contributed by atoms with Crippen LogP contribution in [0.1, 0.15) is 32.3 Å². The van der Waals surface area contributed by atoms with Gasteiger partial charge in [0, 0.05) is 35.4 Å². The predicted molar refractivity (Wildman–Crippen MR) is 131 cm³/mol. The molecule has 4 heterocycles. The first kappa shape index (κ1) is 22.4. The van der Waals surface area contributed by atoms with E-state index in [-0.39, 0.29) is 11.1 Å². The van der Waals surface area contributed by atoms with Crippen molar-refractivity contribution in [2.45, 2.75) is 44.2 Å². The Kier molecular flexibility index (Phi) is 5.49. The molecule has 0 atom stereocenters. The standard InChI is InChI=1S/C26H30F2N6O/c1-17(2)33-15-26(5-7-32(8-6-26)22-13-35-14-22)23-12-20(3-4-24(23)33)30-25-29-16-34(31-25)21-10-18(27)9-19(28)11-21/h3-4,9-12,16-17,22H,5-8,13-15H2,1-2H3,(H,30,31). The maximum absolute atomic E-state index is 13.6. The summed E-state index contributed by atoms with van der Waals surface area (Å²) in [7, 11) is 0. The van der Waals surface area contributed by atoms with E-state index in [0.717, 1.165) is 57.4 Å². The van der Waals surface area contributed by atoms with Crippen LogP contribution < -0.4 is 10.2 Å². The summed E-state index contributed by atoms with van der Waals surface area (Å²) in [6, 6.07) is 10.8. The Bertz CT molecular complexity index is 1210. The monoisotopic (exact) mass is 480 g/mol. The minimum absolute atomic E-state index is 0.129. The van der Waals surface area contributed by atoms with Gasteiger partial charge in [0.15, 0.2) is 0 Å². The van der Waals surface area contributed by atoms with Crippen molar-refractivity contribution in [3.8, 4) is 5.69 Å². The molecular weight excluding hydrogens is 450 g/mol. The summed E-state index contributed by atoms with van der Waals surface area (Å²) in [4.78, 5) is 9.40. The lowest BCUT2D eigenvalue weighted by atomic mass is 9.74. The van der Waals surface area contributed by atoms with Crippen LogP contribution in [0.5, 0.6) is 0 Å². The number of halogens is 2. The van der Waals surface area contributed by atoms with E-state index >= 15 is 0 Å². The maximum Gasteiger partial charge on any atom is 0.246 e. The Morgan fingerprint density at radius 1 is 1.06 bits per heavy atom. The molecule has 0 amide bonds. The van der Waals surface area contributed by atoms with Gasteiger partial charge >= 0.3 is 0 Å². The number of benzene rings is 2. The van der Waals surface area contributed by atoms with E-state index in [2.05, 4.69) is 57.2 Å². The van der Waals surface area contributed by atoms with Crippen molar-refractivity contribution in [3.63, 3.8) is 0 Å². The summed E-state index contributed by atoms with van der Waals surface area (Å²) in [5.74, 6) is -0.929. The molecule has 35 heavy (non-hydrogen) atoms. The molecule has 184 valence electrons. The van der Waals surface area contributed by atoms with Gasteiger partial charge in [-0.2, -0.15) is 4.98 Å². The lowest BCUT2D eigenvalue weighted by Crippen LogP contribution is -2.55. The number of ether oxygens (including phenoxy) is 1. The lowest BCUT2D eigenvalue weighted by Gasteiger charge is -2.45. The van der Waals surface area contributed by atoms with Crippen LogP contribution in [0.25, 0.3) is 5.69 Å². The van der Waals surface area contributed by atoms with Gasteiger partial charge in [0.25, 0.3) is 0 Å². The number of hydrogen-bond acceptors (Lipinski definition) is 6. The highest BCUT2D eigenvalue weighted by atomic mass is 19.1. The summed E-state index contributed by atoms with van der Waals surface area (Å²) in [5, 5.41) is 7.66. The SMILES string of the molecule is CC(C)N1CC2(CCN(C3COC3)CC2)c2cc(Nc3ncn(-c4cc(F)cc(F)c4)n3)ccc21. The molecular formula is C26H30F2N6O. The second-order valence-electron chi connectivity index (χ2n) is 10.2. The number of aromatic nitrogens is 3. The molecule has 2 saturated heterocycles. The summed E-state index contributed by atoms with van der Waals surface area (Å²) in [6.07, 6.45) is 3.70. The van der Waals surface area contributed by atoms with E-state index in [0.29, 0.717) is 18.0 Å². The number of anilines is 3. The van der Waals surface area contributed by atoms with Crippen molar-refractivity contribution in [1.82, 2.24) is 19.7 Å². The van der Waals surface area contributed by atoms with Crippen molar-refractivity contribution >= 4 is 17.3 Å². The van der Waals surface area contributed by atoms with Gasteiger partial charge in [-0.15, -0.1) is 5.10 Å². The van der Waals surface area contributed by atoms with E-state index in [9.17, 15) is 8.78 Å². The van der Waals surface area contributed by atoms with E-state index in [1.807, 2.05) is 0 Å². The van der Waals surface area contributed by atoms with Gasteiger partial charge < -0.3 is 15.0 Å². The van der Waals surface area contributed by atoms with Crippen LogP contribution in [-0.4, -0.2) is 64.6 Å². The fourth-order valence-electron chi connectivity index (χ4n) is 5.67. The average Bonchev–Trinajstić information content (AvgIpc) is 3.37. The van der Waals surface area contributed by atoms with E-state index in [1.165, 1.54) is 34.4 Å². The largest absolute Gasteiger partial charge is 0.378 e. The number of nitrogens with one attached hydrogen (secondary N) is 1. The van der Waals surface area contributed by atoms with Gasteiger partial charge in [0.2, 0.25) is 5.95 Å². The summed E-state index contributed by atoms with van der Waals surface area (Å²) < 4.78 is 34.0. The highest BCUT2D eigenvalue weighted by molar-refractivity contribution is 5.70. The lowest BCUT2D eigenvalue weighted by molar-refractivity contribution is -0.0752. The summed E-state index contributed by atoms with van der Waals surface area (Å²) >= 11 is 0. The quantitative estimate of drug-likeness (QED) is 0.589. The smallest absolute Gasteiger partial charge is 0.246 e. The summed E-state index contributed by atoms with van der Waals surface area (Å²) in [6.45, 7) is 9.44. The van der Waals surface area contributed by atoms with Crippen LogP contribution >= 0.6 is 0 Å². The second-order valence-corrected chi connectivity index (χ2v) is 10.2. The number of piperidine rings is 1. The minimum atomic E-state index is -0.653. The first-order chi connectivity index (χ1) is 16.9. The number of rotatable bonds is 5. The fourth-order valence-corrected chi connectivity index (χ4v) is 5.67. The zero-order valence-electron chi connectivity index (χ0n) is 20.0. The minimum Gasteiger partial charge on any atom is -0.378 e. The third kappa shape index (κ3) is 4.06. The van der Waals surface area contributed by atoms with E-state index in [1.54, 1.807) is 0 Å². The van der Waals surface area contributed by atoms with Gasteiger partial charge in [0.05, 0.1) is 24.9 Å². The molecule has 0 unspecified atom stereocenters. The highest BCUT2D eigenvalue weighted by Crippen LogP contribution is 2.49. The third-order valence-corrected chi connectivity index (χ3v) is 7.73. The third-order valence-electron chi connectivity index (χ3n) is 7.73. The van der Waals surface area contributed by atoms with Gasteiger partial charge in [0.1, 0.15) is 18.0 Å². The van der Waals surface area contributed by atoms with Gasteiger partial charge in [-0.25, -0.2) is 13.5 Å². The van der Waals surface area contributed by atoms with Crippen molar-refractivity contribution < 1.29 is 13.5 Å². The number of nitrogens with zero attached hydrogens (tertiary/aromatic N) is 5. The van der Waals surface area contributed by atoms with Crippen LogP contribution in [-0.2, 0) is 10.2 Å². The Balaban J connectivity index is 1.25. The molecule has 0 radical (unpaired) electrons. The second kappa shape index (κ2) is 8.57. The molecule has 3 aromatic rings. The van der Waals surface area contributed by atoms with Crippen molar-refractivity contribution in [1.29, 1.82) is 0 Å². The Hall–Kier alpha value is -3.04. The zero-order chi connectivity index (χ0) is 24.2. The molecule has 3 aliphatic rings. The molecule has 9 heteroatoms. The molecule has 1 aromatic heterocycles. The van der Waals surface area contributed by atoms with Crippen LogP contribution in [0.2, 0.25) is 0 Å². The van der Waals surface area contributed by atoms with Crippen LogP contribution in [0.4, 0.5) is 26.1 Å². The Morgan fingerprint density at radius 2 is 1.80 bits per heavy atom. The highest BCUT2D eigenvalue weighted by Gasteiger charge is 2.46. The first-order valence-electron chi connectivity index (χ1n) is 12.3. The molecule has 3 aliphatic heterocycles.